The third-order valence-electron chi connectivity index (χ3n) is 9.97. The molecule has 0 bridgehead atoms. The van der Waals surface area contributed by atoms with E-state index in [0.717, 1.165) is 64.5 Å². The number of aliphatic hydroxyl groups excluding tert-OH is 2. The number of rotatable bonds is 19. The van der Waals surface area contributed by atoms with Crippen molar-refractivity contribution in [3.05, 3.63) is 105 Å². The molecule has 2 aromatic carbocycles. The third-order valence-corrected chi connectivity index (χ3v) is 9.97. The summed E-state index contributed by atoms with van der Waals surface area (Å²) in [5.74, 6) is -4.88. The maximum atomic E-state index is 13.9. The first kappa shape index (κ1) is 50.1. The molecule has 1 fully saturated rings. The minimum absolute atomic E-state index is 0.0810. The zero-order valence-electron chi connectivity index (χ0n) is 34.6. The van der Waals surface area contributed by atoms with Crippen molar-refractivity contribution in [1.82, 2.24) is 41.1 Å². The molecule has 64 heavy (non-hydrogen) atoms. The van der Waals surface area contributed by atoms with E-state index >= 15 is 0 Å². The summed E-state index contributed by atoms with van der Waals surface area (Å²) in [7, 11) is 0. The summed E-state index contributed by atoms with van der Waals surface area (Å²) >= 11 is 0. The Morgan fingerprint density at radius 2 is 1.53 bits per heavy atom. The average molecular weight is 904 g/mol. The molecule has 12 N–H and O–H groups in total. The van der Waals surface area contributed by atoms with Gasteiger partial charge in [-0.05, 0) is 30.0 Å². The number of hydrogen-bond donors (Lipinski definition) is 11. The normalized spacial score (nSPS) is 18.4. The predicted octanol–water partition coefficient (Wildman–Crippen LogP) is 0.0484. The van der Waals surface area contributed by atoms with Gasteiger partial charge in [0.2, 0.25) is 17.7 Å². The highest BCUT2D eigenvalue weighted by molar-refractivity contribution is 5.93. The van der Waals surface area contributed by atoms with Gasteiger partial charge in [0.1, 0.15) is 30.4 Å². The van der Waals surface area contributed by atoms with E-state index < -0.39 is 103 Å². The van der Waals surface area contributed by atoms with E-state index in [9.17, 15) is 52.2 Å². The monoisotopic (exact) mass is 903 g/mol. The second-order valence-electron chi connectivity index (χ2n) is 14.8. The van der Waals surface area contributed by atoms with Crippen LogP contribution in [0.2, 0.25) is 0 Å². The summed E-state index contributed by atoms with van der Waals surface area (Å²) in [6.45, 7) is 1.68. The number of carbonyl (C=O) groups excluding carboxylic acids is 4. The van der Waals surface area contributed by atoms with Crippen LogP contribution in [0.5, 0.6) is 0 Å². The molecule has 1 aliphatic rings. The Morgan fingerprint density at radius 3 is 2.20 bits per heavy atom. The number of unbranched alkanes of at least 4 members (excludes halogenated alkanes) is 3. The van der Waals surface area contributed by atoms with E-state index in [1.54, 1.807) is 30.5 Å². The topological polar surface area (TPSA) is 312 Å². The van der Waals surface area contributed by atoms with Crippen molar-refractivity contribution in [2.75, 3.05) is 19.6 Å². The number of para-hydroxylation sites is 1. The van der Waals surface area contributed by atoms with E-state index in [4.69, 9.17) is 20.4 Å². The van der Waals surface area contributed by atoms with Crippen LogP contribution < -0.4 is 43.6 Å². The van der Waals surface area contributed by atoms with E-state index in [0.29, 0.717) is 6.54 Å². The first-order valence-corrected chi connectivity index (χ1v) is 20.3. The summed E-state index contributed by atoms with van der Waals surface area (Å²) < 4.78 is 38.3. The highest BCUT2D eigenvalue weighted by Crippen LogP contribution is 2.28. The highest BCUT2D eigenvalue weighted by atomic mass is 19.4. The van der Waals surface area contributed by atoms with Crippen molar-refractivity contribution >= 4 is 40.6 Å². The average Bonchev–Trinajstić information content (AvgIpc) is 3.79. The van der Waals surface area contributed by atoms with Crippen LogP contribution >= 0.6 is 0 Å². The van der Waals surface area contributed by atoms with Gasteiger partial charge in [-0.2, -0.15) is 13.2 Å². The van der Waals surface area contributed by atoms with Gasteiger partial charge in [-0.25, -0.2) is 14.4 Å². The molecule has 7 atom stereocenters. The summed E-state index contributed by atoms with van der Waals surface area (Å²) in [6, 6.07) is 13.4. The lowest BCUT2D eigenvalue weighted by atomic mass is 10.0. The quantitative estimate of drug-likeness (QED) is 0.0557. The summed E-state index contributed by atoms with van der Waals surface area (Å²) in [6.07, 6.45) is -3.98. The number of carboxylic acid groups (broad SMARTS) is 1. The molecule has 348 valence electrons. The van der Waals surface area contributed by atoms with Crippen LogP contribution in [-0.4, -0.2) is 122 Å². The molecule has 3 heterocycles. The minimum atomic E-state index is -5.08. The van der Waals surface area contributed by atoms with Crippen LogP contribution in [0, 0.1) is 0 Å². The molecule has 0 unspecified atom stereocenters. The van der Waals surface area contributed by atoms with Crippen LogP contribution in [0.1, 0.15) is 50.0 Å². The van der Waals surface area contributed by atoms with Gasteiger partial charge in [0.15, 0.2) is 6.23 Å². The van der Waals surface area contributed by atoms with Crippen molar-refractivity contribution < 1.29 is 57.2 Å². The summed E-state index contributed by atoms with van der Waals surface area (Å²) in [4.78, 5) is 91.9. The number of alkyl halides is 3. The Bertz CT molecular complexity index is 2310. The lowest BCUT2D eigenvalue weighted by Gasteiger charge is -2.25. The van der Waals surface area contributed by atoms with Crippen LogP contribution in [0.25, 0.3) is 10.9 Å². The predicted molar refractivity (Wildman–Crippen MR) is 223 cm³/mol. The SMILES string of the molecule is CCCCCCNC(=O)N[C@@H](Cc1ccccc1)C(=O)N[C@@H](CNC(=O)[C@@H](N)Cc1c[nH]c2ccccc12)C(=O)NC[C@H]1O[C@@H](n2ccc(=O)[nH]c2=O)[C@H](O)[C@@H]1O.O=C(O)C(F)(F)F. The van der Waals surface area contributed by atoms with E-state index in [1.807, 2.05) is 35.3 Å². The number of amides is 5. The number of benzene rings is 2. The lowest BCUT2D eigenvalue weighted by Crippen LogP contribution is -2.59. The van der Waals surface area contributed by atoms with Gasteiger partial charge in [0.25, 0.3) is 5.56 Å². The molecule has 20 nitrogen and oxygen atoms in total. The molecule has 5 rings (SSSR count). The zero-order chi connectivity index (χ0) is 47.0. The maximum absolute atomic E-state index is 13.9. The molecule has 0 spiro atoms. The number of nitrogens with two attached hydrogens (primary N) is 1. The third kappa shape index (κ3) is 14.8. The number of aromatic amines is 2. The van der Waals surface area contributed by atoms with Crippen molar-refractivity contribution in [2.45, 2.75) is 94.3 Å². The van der Waals surface area contributed by atoms with Gasteiger partial charge in [-0.1, -0.05) is 74.7 Å². The molecule has 5 amide bonds. The Kier molecular flexibility index (Phi) is 18.6. The fourth-order valence-corrected chi connectivity index (χ4v) is 6.55. The van der Waals surface area contributed by atoms with Crippen LogP contribution in [0.4, 0.5) is 18.0 Å². The van der Waals surface area contributed by atoms with Gasteiger partial charge in [0.05, 0.1) is 6.04 Å². The van der Waals surface area contributed by atoms with Crippen LogP contribution in [-0.2, 0) is 36.8 Å². The molecule has 0 aliphatic carbocycles. The van der Waals surface area contributed by atoms with Gasteiger partial charge >= 0.3 is 23.9 Å². The fraction of sp³-hybridized carbons (Fsp3) is 0.439. The lowest BCUT2D eigenvalue weighted by molar-refractivity contribution is -0.192. The number of aliphatic carboxylic acids is 1. The maximum Gasteiger partial charge on any atom is 0.490 e. The van der Waals surface area contributed by atoms with Gasteiger partial charge in [-0.15, -0.1) is 0 Å². The summed E-state index contributed by atoms with van der Waals surface area (Å²) in [5.41, 5.74) is 7.17. The first-order chi connectivity index (χ1) is 30.4. The standard InChI is InChI=1S/C39H51N9O9.C2HF3O2/c1-2-3-4-10-16-41-38(55)46-28(18-23-11-6-5-7-12-23)36(54)45-29(21-43-34(52)26(40)19-24-20-42-27-14-9-8-13-25(24)27)35(53)44-22-30-32(50)33(51)37(57-30)48-17-15-31(49)47-39(48)56;3-2(4,5)1(6)7/h5-9,11-15,17,20,26,28-30,32-33,37,42,50-51H,2-4,10,16,18-19,21-22,40H2,1H3,(H,43,52)(H,44,53)(H,45,54)(H2,41,46,55)(H,47,49,56);(H,6,7)/t26-,28-,29-,30+,32+,33+,37+;/m0./s1. The number of ether oxygens (including phenoxy) is 1. The number of carbonyl (C=O) groups is 5. The van der Waals surface area contributed by atoms with Crippen LogP contribution in [0.15, 0.2) is 82.6 Å². The Hall–Kier alpha value is -6.56. The first-order valence-electron chi connectivity index (χ1n) is 20.3. The Morgan fingerprint density at radius 1 is 0.844 bits per heavy atom. The van der Waals surface area contributed by atoms with Gasteiger partial charge in [-0.3, -0.25) is 28.7 Å². The van der Waals surface area contributed by atoms with E-state index in [1.165, 1.54) is 0 Å². The number of carboxylic acids is 1. The second-order valence-corrected chi connectivity index (χ2v) is 14.8. The molecule has 0 radical (unpaired) electrons. The number of halogens is 3. The number of nitrogens with zero attached hydrogens (tertiary/aromatic N) is 1. The number of fused-ring (bicyclic) bond motifs is 1. The van der Waals surface area contributed by atoms with Gasteiger partial charge in [0, 0.05) is 55.4 Å². The number of nitrogens with one attached hydrogen (secondary N) is 7. The zero-order valence-corrected chi connectivity index (χ0v) is 34.6. The number of aromatic nitrogens is 3. The molecular formula is C41H52F3N9O11. The number of urea groups is 1. The second kappa shape index (κ2) is 23.8. The smallest absolute Gasteiger partial charge is 0.475 e. The van der Waals surface area contributed by atoms with Crippen molar-refractivity contribution in [3.8, 4) is 0 Å². The molecule has 1 aliphatic heterocycles. The van der Waals surface area contributed by atoms with Crippen molar-refractivity contribution in [2.24, 2.45) is 5.73 Å². The largest absolute Gasteiger partial charge is 0.490 e. The Balaban J connectivity index is 0.00000118. The molecule has 23 heteroatoms. The summed E-state index contributed by atoms with van der Waals surface area (Å²) in [5, 5.41) is 42.8. The van der Waals surface area contributed by atoms with Crippen molar-refractivity contribution in [3.63, 3.8) is 0 Å². The molecule has 0 saturated carbocycles. The number of aliphatic hydroxyl groups is 2. The fourth-order valence-electron chi connectivity index (χ4n) is 6.55. The molecule has 2 aromatic heterocycles. The number of H-pyrrole nitrogens is 2. The minimum Gasteiger partial charge on any atom is -0.475 e. The Labute approximate surface area is 363 Å². The van der Waals surface area contributed by atoms with Crippen LogP contribution in [0.3, 0.4) is 0 Å². The van der Waals surface area contributed by atoms with E-state index in [-0.39, 0.29) is 12.8 Å². The molecule has 1 saturated heterocycles. The van der Waals surface area contributed by atoms with E-state index in [2.05, 4.69) is 38.5 Å². The number of hydrogen-bond acceptors (Lipinski definition) is 11. The highest BCUT2D eigenvalue weighted by Gasteiger charge is 2.44. The van der Waals surface area contributed by atoms with Crippen molar-refractivity contribution in [1.29, 1.82) is 0 Å². The van der Waals surface area contributed by atoms with Gasteiger partial charge < -0.3 is 57.4 Å². The molecule has 4 aromatic rings. The molecular weight excluding hydrogens is 851 g/mol.